The van der Waals surface area contributed by atoms with Gasteiger partial charge in [0.15, 0.2) is 0 Å². The summed E-state index contributed by atoms with van der Waals surface area (Å²) in [6, 6.07) is 13.3. The Balaban J connectivity index is 1.44. The lowest BCUT2D eigenvalue weighted by molar-refractivity contribution is -0.0462. The predicted molar refractivity (Wildman–Crippen MR) is 119 cm³/mol. The normalized spacial score (nSPS) is 24.0. The number of halogens is 1. The summed E-state index contributed by atoms with van der Waals surface area (Å²) in [6.45, 7) is 2.10. The Morgan fingerprint density at radius 1 is 1.19 bits per heavy atom. The Morgan fingerprint density at radius 3 is 2.69 bits per heavy atom. The number of fused-ring (bicyclic) bond motifs is 2. The molecule has 164 valence electrons. The van der Waals surface area contributed by atoms with Crippen molar-refractivity contribution >= 4 is 12.0 Å². The van der Waals surface area contributed by atoms with Crippen LogP contribution in [0.2, 0.25) is 0 Å². The second-order valence-corrected chi connectivity index (χ2v) is 9.12. The highest BCUT2D eigenvalue weighted by Gasteiger charge is 2.54. The molecule has 0 bridgehead atoms. The van der Waals surface area contributed by atoms with Gasteiger partial charge in [0.05, 0.1) is 28.7 Å². The molecule has 32 heavy (non-hydrogen) atoms. The van der Waals surface area contributed by atoms with Crippen molar-refractivity contribution in [3.05, 3.63) is 88.5 Å². The van der Waals surface area contributed by atoms with E-state index in [0.29, 0.717) is 31.2 Å². The summed E-state index contributed by atoms with van der Waals surface area (Å²) in [5.74, 6) is -1.23. The van der Waals surface area contributed by atoms with Crippen molar-refractivity contribution in [3.63, 3.8) is 0 Å². The molecule has 5 nitrogen and oxygen atoms in total. The molecule has 1 fully saturated rings. The first-order valence-electron chi connectivity index (χ1n) is 10.9. The number of carboxylic acids is 1. The Bertz CT molecular complexity index is 1230. The number of aromatic nitrogens is 2. The minimum atomic E-state index is -0.943. The van der Waals surface area contributed by atoms with E-state index in [2.05, 4.69) is 18.1 Å². The van der Waals surface area contributed by atoms with Crippen molar-refractivity contribution in [2.45, 2.75) is 44.6 Å². The van der Waals surface area contributed by atoms with E-state index < -0.39 is 17.0 Å². The molecule has 0 spiro atoms. The van der Waals surface area contributed by atoms with Crippen LogP contribution in [0.4, 0.5) is 4.39 Å². The van der Waals surface area contributed by atoms with Gasteiger partial charge in [0.25, 0.3) is 0 Å². The summed E-state index contributed by atoms with van der Waals surface area (Å²) >= 11 is 0. The maximum absolute atomic E-state index is 13.3. The minimum absolute atomic E-state index is 0.286. The van der Waals surface area contributed by atoms with Gasteiger partial charge in [0.2, 0.25) is 0 Å². The summed E-state index contributed by atoms with van der Waals surface area (Å²) < 4.78 is 15.2. The molecule has 1 aromatic heterocycles. The Labute approximate surface area is 185 Å². The van der Waals surface area contributed by atoms with Crippen molar-refractivity contribution in [1.82, 2.24) is 9.78 Å². The van der Waals surface area contributed by atoms with Crippen LogP contribution in [0.15, 0.2) is 60.3 Å². The van der Waals surface area contributed by atoms with Crippen LogP contribution in [0.25, 0.3) is 11.8 Å². The molecule has 2 aliphatic rings. The fourth-order valence-corrected chi connectivity index (χ4v) is 5.41. The highest BCUT2D eigenvalue weighted by Crippen LogP contribution is 2.56. The van der Waals surface area contributed by atoms with Gasteiger partial charge in [-0.25, -0.2) is 13.9 Å². The largest absolute Gasteiger partial charge is 0.478 e. The average Bonchev–Trinajstić information content (AvgIpc) is 3.29. The van der Waals surface area contributed by atoms with Crippen molar-refractivity contribution in [1.29, 1.82) is 0 Å². The first-order chi connectivity index (χ1) is 15.3. The molecule has 2 atom stereocenters. The monoisotopic (exact) mass is 432 g/mol. The fourth-order valence-electron chi connectivity index (χ4n) is 5.41. The summed E-state index contributed by atoms with van der Waals surface area (Å²) in [4.78, 5) is 11.6. The van der Waals surface area contributed by atoms with Crippen LogP contribution < -0.4 is 0 Å². The topological polar surface area (TPSA) is 75.3 Å². The summed E-state index contributed by atoms with van der Waals surface area (Å²) in [5.41, 5.74) is 3.68. The average molecular weight is 432 g/mol. The molecule has 0 saturated heterocycles. The van der Waals surface area contributed by atoms with Crippen LogP contribution in [0.1, 0.15) is 53.4 Å². The zero-order valence-corrected chi connectivity index (χ0v) is 17.9. The highest BCUT2D eigenvalue weighted by molar-refractivity contribution is 5.89. The van der Waals surface area contributed by atoms with Crippen molar-refractivity contribution in [2.24, 2.45) is 5.41 Å². The first kappa shape index (κ1) is 20.6. The van der Waals surface area contributed by atoms with Gasteiger partial charge in [-0.3, -0.25) is 0 Å². The van der Waals surface area contributed by atoms with Gasteiger partial charge in [-0.15, -0.1) is 0 Å². The molecule has 2 aliphatic carbocycles. The third-order valence-corrected chi connectivity index (χ3v) is 7.41. The molecule has 3 aromatic rings. The Morgan fingerprint density at radius 2 is 1.94 bits per heavy atom. The molecular formula is C26H25FN2O3. The number of carboxylic acid groups (broad SMARTS) is 1. The second-order valence-electron chi connectivity index (χ2n) is 9.12. The van der Waals surface area contributed by atoms with Gasteiger partial charge in [-0.2, -0.15) is 5.10 Å². The number of benzene rings is 2. The van der Waals surface area contributed by atoms with E-state index in [1.54, 1.807) is 24.3 Å². The molecule has 1 heterocycles. The molecular weight excluding hydrogens is 407 g/mol. The van der Waals surface area contributed by atoms with Crippen LogP contribution in [0, 0.1) is 11.2 Å². The third kappa shape index (κ3) is 3.17. The van der Waals surface area contributed by atoms with Crippen LogP contribution in [0.5, 0.6) is 0 Å². The number of hydrogen-bond acceptors (Lipinski definition) is 3. The van der Waals surface area contributed by atoms with Gasteiger partial charge >= 0.3 is 5.97 Å². The van der Waals surface area contributed by atoms with Crippen LogP contribution in [-0.4, -0.2) is 31.6 Å². The molecule has 0 unspecified atom stereocenters. The molecule has 0 radical (unpaired) electrons. The van der Waals surface area contributed by atoms with Crippen molar-refractivity contribution < 1.29 is 19.4 Å². The fraction of sp³-hybridized carbons (Fsp3) is 0.308. The molecule has 0 amide bonds. The molecule has 0 aliphatic heterocycles. The van der Waals surface area contributed by atoms with E-state index in [-0.39, 0.29) is 5.82 Å². The van der Waals surface area contributed by atoms with Crippen molar-refractivity contribution in [3.8, 4) is 5.69 Å². The Kier molecular flexibility index (Phi) is 4.78. The number of carbonyl (C=O) groups is 1. The second kappa shape index (κ2) is 7.41. The highest BCUT2D eigenvalue weighted by atomic mass is 19.1. The molecule has 6 heteroatoms. The standard InChI is InChI=1S/C26H25FN2O3/c1-25-15-18-16-28-29(21-8-6-20(27)7-9-21)23(18)14-19(25)11-13-26(25,32)12-10-17-4-2-3-5-22(17)24(30)31/h2-9,14,16,32H,10-13,15H2,1H3,(H,30,31)/t25-,26-/m0/s1. The summed E-state index contributed by atoms with van der Waals surface area (Å²) in [7, 11) is 0. The number of hydrogen-bond donors (Lipinski definition) is 2. The minimum Gasteiger partial charge on any atom is -0.478 e. The number of nitrogens with zero attached hydrogens (tertiary/aromatic N) is 2. The smallest absolute Gasteiger partial charge is 0.335 e. The number of aromatic carboxylic acids is 1. The molecule has 1 saturated carbocycles. The number of rotatable bonds is 5. The zero-order valence-electron chi connectivity index (χ0n) is 17.9. The van der Waals surface area contributed by atoms with Crippen LogP contribution in [-0.2, 0) is 12.8 Å². The van der Waals surface area contributed by atoms with Gasteiger partial charge in [0.1, 0.15) is 5.82 Å². The van der Waals surface area contributed by atoms with Gasteiger partial charge in [-0.05, 0) is 79.6 Å². The SMILES string of the molecule is C[C@]12Cc3cnn(-c4ccc(F)cc4)c3C=C1CC[C@@]2(O)CCc1ccccc1C(=O)O. The van der Waals surface area contributed by atoms with E-state index in [1.807, 2.05) is 23.0 Å². The summed E-state index contributed by atoms with van der Waals surface area (Å²) in [6.07, 6.45) is 7.02. The number of aliphatic hydroxyl groups is 1. The van der Waals surface area contributed by atoms with Crippen LogP contribution in [0.3, 0.4) is 0 Å². The van der Waals surface area contributed by atoms with Gasteiger partial charge in [-0.1, -0.05) is 30.7 Å². The third-order valence-electron chi connectivity index (χ3n) is 7.41. The quantitative estimate of drug-likeness (QED) is 0.607. The lowest BCUT2D eigenvalue weighted by atomic mass is 9.65. The lowest BCUT2D eigenvalue weighted by Gasteiger charge is -2.42. The van der Waals surface area contributed by atoms with E-state index in [1.165, 1.54) is 17.7 Å². The van der Waals surface area contributed by atoms with Gasteiger partial charge in [0, 0.05) is 5.41 Å². The Hall–Kier alpha value is -3.25. The first-order valence-corrected chi connectivity index (χ1v) is 10.9. The molecule has 2 aromatic carbocycles. The summed E-state index contributed by atoms with van der Waals surface area (Å²) in [5, 5.41) is 25.8. The van der Waals surface area contributed by atoms with Crippen molar-refractivity contribution in [2.75, 3.05) is 0 Å². The number of aryl methyl sites for hydroxylation is 1. The van der Waals surface area contributed by atoms with E-state index >= 15 is 0 Å². The van der Waals surface area contributed by atoms with E-state index in [9.17, 15) is 19.4 Å². The van der Waals surface area contributed by atoms with E-state index in [4.69, 9.17) is 0 Å². The molecule has 2 N–H and O–H groups in total. The lowest BCUT2D eigenvalue weighted by Crippen LogP contribution is -2.45. The van der Waals surface area contributed by atoms with Crippen LogP contribution >= 0.6 is 0 Å². The zero-order chi connectivity index (χ0) is 22.5. The van der Waals surface area contributed by atoms with E-state index in [0.717, 1.165) is 28.9 Å². The molecule has 5 rings (SSSR count). The maximum Gasteiger partial charge on any atom is 0.335 e. The predicted octanol–water partition coefficient (Wildman–Crippen LogP) is 4.81. The van der Waals surface area contributed by atoms with Gasteiger partial charge < -0.3 is 10.2 Å². The maximum atomic E-state index is 13.3.